The van der Waals surface area contributed by atoms with Crippen molar-refractivity contribution in [2.24, 2.45) is 0 Å². The maximum Gasteiger partial charge on any atom is 0.416 e. The molecule has 1 heterocycles. The minimum Gasteiger partial charge on any atom is -0.489 e. The van der Waals surface area contributed by atoms with Crippen molar-refractivity contribution in [3.8, 4) is 5.75 Å². The summed E-state index contributed by atoms with van der Waals surface area (Å²) in [6, 6.07) is 22.7. The SMILES string of the molecule is FC(F)(F)c1ccccc1C(c1ccc(OCc2ccccc2)cc1)N1CCNCC1. The third-order valence-electron chi connectivity index (χ3n) is 5.52. The van der Waals surface area contributed by atoms with E-state index in [-0.39, 0.29) is 5.56 Å². The lowest BCUT2D eigenvalue weighted by atomic mass is 9.92. The Kier molecular flexibility index (Phi) is 6.59. The molecule has 31 heavy (non-hydrogen) atoms. The van der Waals surface area contributed by atoms with E-state index in [9.17, 15) is 13.2 Å². The number of ether oxygens (including phenoxy) is 1. The van der Waals surface area contributed by atoms with Crippen LogP contribution in [0.1, 0.15) is 28.3 Å². The van der Waals surface area contributed by atoms with E-state index in [4.69, 9.17) is 4.74 Å². The molecule has 0 radical (unpaired) electrons. The highest BCUT2D eigenvalue weighted by molar-refractivity contribution is 5.41. The summed E-state index contributed by atoms with van der Waals surface area (Å²) in [5.74, 6) is 0.691. The van der Waals surface area contributed by atoms with Gasteiger partial charge in [0, 0.05) is 26.2 Å². The van der Waals surface area contributed by atoms with Gasteiger partial charge in [-0.1, -0.05) is 60.7 Å². The van der Waals surface area contributed by atoms with Gasteiger partial charge in [-0.25, -0.2) is 0 Å². The Bertz CT molecular complexity index is 968. The van der Waals surface area contributed by atoms with Gasteiger partial charge in [-0.3, -0.25) is 4.90 Å². The normalized spacial score (nSPS) is 16.1. The fourth-order valence-electron chi connectivity index (χ4n) is 4.01. The van der Waals surface area contributed by atoms with Gasteiger partial charge in [0.25, 0.3) is 0 Å². The minimum absolute atomic E-state index is 0.287. The second-order valence-electron chi connectivity index (χ2n) is 7.62. The summed E-state index contributed by atoms with van der Waals surface area (Å²) in [7, 11) is 0. The number of alkyl halides is 3. The van der Waals surface area contributed by atoms with Crippen molar-refractivity contribution >= 4 is 0 Å². The molecule has 162 valence electrons. The first-order chi connectivity index (χ1) is 15.0. The predicted octanol–water partition coefficient (Wildman–Crippen LogP) is 5.28. The number of piperazine rings is 1. The van der Waals surface area contributed by atoms with Crippen LogP contribution < -0.4 is 10.1 Å². The Morgan fingerprint density at radius 1 is 0.839 bits per heavy atom. The van der Waals surface area contributed by atoms with E-state index < -0.39 is 17.8 Å². The fraction of sp³-hybridized carbons (Fsp3) is 0.280. The van der Waals surface area contributed by atoms with Crippen LogP contribution in [0.4, 0.5) is 13.2 Å². The lowest BCUT2D eigenvalue weighted by Gasteiger charge is -2.36. The largest absolute Gasteiger partial charge is 0.489 e. The zero-order chi connectivity index (χ0) is 21.7. The van der Waals surface area contributed by atoms with E-state index in [1.54, 1.807) is 12.1 Å². The van der Waals surface area contributed by atoms with Crippen LogP contribution >= 0.6 is 0 Å². The highest BCUT2D eigenvalue weighted by atomic mass is 19.4. The van der Waals surface area contributed by atoms with Crippen molar-refractivity contribution in [2.45, 2.75) is 18.8 Å². The summed E-state index contributed by atoms with van der Waals surface area (Å²) in [6.07, 6.45) is -4.40. The van der Waals surface area contributed by atoms with Crippen molar-refractivity contribution in [2.75, 3.05) is 26.2 Å². The van der Waals surface area contributed by atoms with Crippen LogP contribution in [0.2, 0.25) is 0 Å². The number of benzene rings is 3. The molecule has 3 aromatic carbocycles. The Labute approximate surface area is 180 Å². The van der Waals surface area contributed by atoms with E-state index in [0.29, 0.717) is 25.4 Å². The van der Waals surface area contributed by atoms with Gasteiger partial charge in [0.05, 0.1) is 11.6 Å². The molecule has 1 saturated heterocycles. The standard InChI is InChI=1S/C25H25F3N2O/c26-25(27,28)23-9-5-4-8-22(23)24(30-16-14-29-15-17-30)20-10-12-21(13-11-20)31-18-19-6-2-1-3-7-19/h1-13,24,29H,14-18H2. The first-order valence-electron chi connectivity index (χ1n) is 10.4. The van der Waals surface area contributed by atoms with Crippen LogP contribution in [0.25, 0.3) is 0 Å². The Balaban J connectivity index is 1.62. The molecule has 3 aromatic rings. The summed E-state index contributed by atoms with van der Waals surface area (Å²) >= 11 is 0. The molecule has 0 bridgehead atoms. The molecule has 0 saturated carbocycles. The van der Waals surface area contributed by atoms with Crippen molar-refractivity contribution in [1.82, 2.24) is 10.2 Å². The quantitative estimate of drug-likeness (QED) is 0.581. The third kappa shape index (κ3) is 5.27. The number of rotatable bonds is 6. The predicted molar refractivity (Wildman–Crippen MR) is 115 cm³/mol. The monoisotopic (exact) mass is 426 g/mol. The summed E-state index contributed by atoms with van der Waals surface area (Å²) < 4.78 is 47.2. The van der Waals surface area contributed by atoms with E-state index in [1.807, 2.05) is 54.6 Å². The van der Waals surface area contributed by atoms with Crippen molar-refractivity contribution in [3.63, 3.8) is 0 Å². The van der Waals surface area contributed by atoms with E-state index in [0.717, 1.165) is 24.2 Å². The summed E-state index contributed by atoms with van der Waals surface area (Å²) in [6.45, 7) is 3.32. The molecule has 1 N–H and O–H groups in total. The van der Waals surface area contributed by atoms with Crippen molar-refractivity contribution in [1.29, 1.82) is 0 Å². The van der Waals surface area contributed by atoms with Gasteiger partial charge < -0.3 is 10.1 Å². The maximum atomic E-state index is 13.8. The van der Waals surface area contributed by atoms with Crippen LogP contribution in [0, 0.1) is 0 Å². The van der Waals surface area contributed by atoms with Crippen LogP contribution in [-0.2, 0) is 12.8 Å². The highest BCUT2D eigenvalue weighted by Crippen LogP contribution is 2.39. The van der Waals surface area contributed by atoms with Gasteiger partial charge in [-0.15, -0.1) is 0 Å². The molecule has 1 aliphatic rings. The lowest BCUT2D eigenvalue weighted by molar-refractivity contribution is -0.138. The van der Waals surface area contributed by atoms with E-state index in [2.05, 4.69) is 10.2 Å². The lowest BCUT2D eigenvalue weighted by Crippen LogP contribution is -2.45. The first-order valence-corrected chi connectivity index (χ1v) is 10.4. The third-order valence-corrected chi connectivity index (χ3v) is 5.52. The molecule has 4 rings (SSSR count). The van der Waals surface area contributed by atoms with Crippen molar-refractivity contribution < 1.29 is 17.9 Å². The number of nitrogens with zero attached hydrogens (tertiary/aromatic N) is 1. The molecule has 1 aliphatic heterocycles. The second kappa shape index (κ2) is 9.54. The molecular weight excluding hydrogens is 401 g/mol. The summed E-state index contributed by atoms with van der Waals surface area (Å²) in [5.41, 5.74) is 1.59. The Morgan fingerprint density at radius 3 is 2.16 bits per heavy atom. The van der Waals surface area contributed by atoms with Gasteiger partial charge in [-0.2, -0.15) is 13.2 Å². The molecule has 0 amide bonds. The van der Waals surface area contributed by atoms with Crippen LogP contribution in [-0.4, -0.2) is 31.1 Å². The highest BCUT2D eigenvalue weighted by Gasteiger charge is 2.37. The number of halogens is 3. The second-order valence-corrected chi connectivity index (χ2v) is 7.62. The van der Waals surface area contributed by atoms with Gasteiger partial charge in [-0.05, 0) is 34.9 Å². The van der Waals surface area contributed by atoms with Gasteiger partial charge in [0.1, 0.15) is 12.4 Å². The maximum absolute atomic E-state index is 13.8. The van der Waals surface area contributed by atoms with Crippen LogP contribution in [0.5, 0.6) is 5.75 Å². The zero-order valence-corrected chi connectivity index (χ0v) is 17.1. The Hall–Kier alpha value is -2.83. The van der Waals surface area contributed by atoms with Crippen LogP contribution in [0.15, 0.2) is 78.9 Å². The average Bonchev–Trinajstić information content (AvgIpc) is 2.80. The Morgan fingerprint density at radius 2 is 1.48 bits per heavy atom. The smallest absolute Gasteiger partial charge is 0.416 e. The molecule has 0 spiro atoms. The summed E-state index contributed by atoms with van der Waals surface area (Å²) in [5, 5.41) is 3.27. The molecule has 3 nitrogen and oxygen atoms in total. The van der Waals surface area contributed by atoms with Gasteiger partial charge in [0.2, 0.25) is 0 Å². The van der Waals surface area contributed by atoms with E-state index >= 15 is 0 Å². The topological polar surface area (TPSA) is 24.5 Å². The molecule has 0 aromatic heterocycles. The van der Waals surface area contributed by atoms with Gasteiger partial charge >= 0.3 is 6.18 Å². The number of nitrogens with one attached hydrogen (secondary N) is 1. The molecule has 1 unspecified atom stereocenters. The molecule has 1 atom stereocenters. The molecule has 6 heteroatoms. The van der Waals surface area contributed by atoms with Gasteiger partial charge in [0.15, 0.2) is 0 Å². The molecule has 1 fully saturated rings. The van der Waals surface area contributed by atoms with E-state index in [1.165, 1.54) is 12.1 Å². The van der Waals surface area contributed by atoms with Crippen molar-refractivity contribution in [3.05, 3.63) is 101 Å². The first kappa shape index (κ1) is 21.4. The fourth-order valence-corrected chi connectivity index (χ4v) is 4.01. The molecular formula is C25H25F3N2O. The summed E-state index contributed by atoms with van der Waals surface area (Å²) in [4.78, 5) is 2.11. The number of hydrogen-bond acceptors (Lipinski definition) is 3. The molecule has 0 aliphatic carbocycles. The number of hydrogen-bond donors (Lipinski definition) is 1. The zero-order valence-electron chi connectivity index (χ0n) is 17.1. The average molecular weight is 426 g/mol. The minimum atomic E-state index is -4.40. The van der Waals surface area contributed by atoms with Crippen LogP contribution in [0.3, 0.4) is 0 Å².